The number of fused-ring (bicyclic) bond motifs is 1. The summed E-state index contributed by atoms with van der Waals surface area (Å²) in [7, 11) is 3.57. The largest absolute Gasteiger partial charge is 0.492 e. The predicted molar refractivity (Wildman–Crippen MR) is 149 cm³/mol. The Kier molecular flexibility index (Phi) is 11.1. The lowest BCUT2D eigenvalue weighted by atomic mass is 10.0. The molecule has 0 saturated carbocycles. The molecular formula is C30H42N4O4. The van der Waals surface area contributed by atoms with Gasteiger partial charge in [-0.2, -0.15) is 0 Å². The van der Waals surface area contributed by atoms with E-state index in [-0.39, 0.29) is 23.8 Å². The van der Waals surface area contributed by atoms with Crippen LogP contribution in [0.25, 0.3) is 0 Å². The Balaban J connectivity index is 1.86. The van der Waals surface area contributed by atoms with E-state index >= 15 is 0 Å². The van der Waals surface area contributed by atoms with E-state index in [0.29, 0.717) is 32.5 Å². The Hall–Kier alpha value is -3.39. The van der Waals surface area contributed by atoms with Gasteiger partial charge in [-0.15, -0.1) is 0 Å². The molecule has 1 aliphatic heterocycles. The van der Waals surface area contributed by atoms with Gasteiger partial charge in [0.05, 0.1) is 6.04 Å². The molecule has 0 bridgehead atoms. The van der Waals surface area contributed by atoms with Crippen LogP contribution in [0.15, 0.2) is 54.6 Å². The SMILES string of the molecule is CCC[C@H]1C(=O)N(C)[C@H](C)C(=O)N[C@H](Cc2ccccc2)C(=O)NCCCc2ccccc2OCCN1C. The predicted octanol–water partition coefficient (Wildman–Crippen LogP) is 2.80. The maximum Gasteiger partial charge on any atom is 0.243 e. The van der Waals surface area contributed by atoms with Crippen LogP contribution < -0.4 is 15.4 Å². The van der Waals surface area contributed by atoms with E-state index in [1.165, 1.54) is 4.90 Å². The molecule has 0 aliphatic carbocycles. The van der Waals surface area contributed by atoms with Crippen molar-refractivity contribution in [3.63, 3.8) is 0 Å². The molecule has 1 aliphatic rings. The normalized spacial score (nSPS) is 22.9. The van der Waals surface area contributed by atoms with Gasteiger partial charge in [-0.25, -0.2) is 0 Å². The molecule has 0 saturated heterocycles. The van der Waals surface area contributed by atoms with Crippen molar-refractivity contribution in [2.45, 2.75) is 64.1 Å². The number of hydrogen-bond acceptors (Lipinski definition) is 5. The lowest BCUT2D eigenvalue weighted by Gasteiger charge is -2.33. The molecule has 0 radical (unpaired) electrons. The highest BCUT2D eigenvalue weighted by molar-refractivity contribution is 5.92. The zero-order chi connectivity index (χ0) is 27.5. The number of nitrogens with zero attached hydrogens (tertiary/aromatic N) is 2. The topological polar surface area (TPSA) is 91.0 Å². The number of benzene rings is 2. The smallest absolute Gasteiger partial charge is 0.243 e. The van der Waals surface area contributed by atoms with Gasteiger partial charge >= 0.3 is 0 Å². The number of aryl methyl sites for hydroxylation is 1. The van der Waals surface area contributed by atoms with Crippen molar-refractivity contribution >= 4 is 17.7 Å². The Labute approximate surface area is 226 Å². The highest BCUT2D eigenvalue weighted by atomic mass is 16.5. The van der Waals surface area contributed by atoms with E-state index < -0.39 is 12.1 Å². The van der Waals surface area contributed by atoms with Gasteiger partial charge in [-0.3, -0.25) is 19.3 Å². The zero-order valence-electron chi connectivity index (χ0n) is 23.1. The van der Waals surface area contributed by atoms with Gasteiger partial charge in [-0.05, 0) is 50.4 Å². The van der Waals surface area contributed by atoms with Crippen LogP contribution in [0.5, 0.6) is 5.75 Å². The minimum Gasteiger partial charge on any atom is -0.492 e. The van der Waals surface area contributed by atoms with Gasteiger partial charge in [0, 0.05) is 26.6 Å². The van der Waals surface area contributed by atoms with Crippen LogP contribution >= 0.6 is 0 Å². The second-order valence-electron chi connectivity index (χ2n) is 10.0. The molecule has 3 rings (SSSR count). The molecule has 0 aromatic heterocycles. The maximum absolute atomic E-state index is 13.5. The van der Waals surface area contributed by atoms with Gasteiger partial charge in [0.15, 0.2) is 0 Å². The third kappa shape index (κ3) is 8.05. The molecule has 3 amide bonds. The van der Waals surface area contributed by atoms with Gasteiger partial charge in [0.2, 0.25) is 17.7 Å². The molecule has 0 spiro atoms. The second-order valence-corrected chi connectivity index (χ2v) is 10.0. The number of amides is 3. The van der Waals surface area contributed by atoms with E-state index in [9.17, 15) is 14.4 Å². The fourth-order valence-electron chi connectivity index (χ4n) is 4.68. The molecule has 38 heavy (non-hydrogen) atoms. The zero-order valence-corrected chi connectivity index (χ0v) is 23.1. The van der Waals surface area contributed by atoms with Crippen LogP contribution in [-0.2, 0) is 27.2 Å². The summed E-state index contributed by atoms with van der Waals surface area (Å²) in [5, 5.41) is 5.91. The van der Waals surface area contributed by atoms with Gasteiger partial charge in [0.25, 0.3) is 0 Å². The number of carbonyl (C=O) groups excluding carboxylic acids is 3. The first-order chi connectivity index (χ1) is 18.3. The molecule has 206 valence electrons. The Bertz CT molecular complexity index is 1060. The average molecular weight is 523 g/mol. The number of carbonyl (C=O) groups is 3. The highest BCUT2D eigenvalue weighted by Crippen LogP contribution is 2.20. The summed E-state index contributed by atoms with van der Waals surface area (Å²) in [5.41, 5.74) is 2.03. The van der Waals surface area contributed by atoms with Crippen molar-refractivity contribution in [1.82, 2.24) is 20.4 Å². The molecular weight excluding hydrogens is 480 g/mol. The van der Waals surface area contributed by atoms with E-state index in [4.69, 9.17) is 4.74 Å². The lowest BCUT2D eigenvalue weighted by molar-refractivity contribution is -0.143. The maximum atomic E-state index is 13.5. The van der Waals surface area contributed by atoms with Crippen LogP contribution in [0, 0.1) is 0 Å². The van der Waals surface area contributed by atoms with Crippen molar-refractivity contribution in [1.29, 1.82) is 0 Å². The van der Waals surface area contributed by atoms with E-state index in [1.54, 1.807) is 14.0 Å². The molecule has 3 atom stereocenters. The highest BCUT2D eigenvalue weighted by Gasteiger charge is 2.32. The van der Waals surface area contributed by atoms with Gasteiger partial charge in [-0.1, -0.05) is 61.9 Å². The molecule has 2 N–H and O–H groups in total. The summed E-state index contributed by atoms with van der Waals surface area (Å²) in [4.78, 5) is 43.5. The number of para-hydroxylation sites is 1. The Morgan fingerprint density at radius 2 is 1.68 bits per heavy atom. The van der Waals surface area contributed by atoms with Crippen molar-refractivity contribution in [3.8, 4) is 5.75 Å². The standard InChI is InChI=1S/C30H42N4O4/c1-5-12-26-30(37)34(4)22(2)28(35)32-25(21-23-13-7-6-8-14-23)29(36)31-18-11-16-24-15-9-10-17-27(24)38-20-19-33(26)3/h6-10,13-15,17,22,25-26H,5,11-12,16,18-21H2,1-4H3,(H,31,36)(H,32,35)/t22-,25-,26+/m1/s1. The quantitative estimate of drug-likeness (QED) is 0.645. The van der Waals surface area contributed by atoms with Crippen LogP contribution in [0.3, 0.4) is 0 Å². The summed E-state index contributed by atoms with van der Waals surface area (Å²) >= 11 is 0. The average Bonchev–Trinajstić information content (AvgIpc) is 2.93. The molecule has 8 heteroatoms. The van der Waals surface area contributed by atoms with Crippen LogP contribution in [0.1, 0.15) is 44.2 Å². The minimum atomic E-state index is -0.750. The molecule has 8 nitrogen and oxygen atoms in total. The summed E-state index contributed by atoms with van der Waals surface area (Å²) in [5.74, 6) is 0.111. The number of nitrogens with one attached hydrogen (secondary N) is 2. The molecule has 0 fully saturated rings. The first kappa shape index (κ1) is 29.2. The monoisotopic (exact) mass is 522 g/mol. The number of likely N-dealkylation sites (N-methyl/N-ethyl adjacent to an activating group) is 2. The minimum absolute atomic E-state index is 0.123. The van der Waals surface area contributed by atoms with E-state index in [0.717, 1.165) is 36.1 Å². The lowest BCUT2D eigenvalue weighted by Crippen LogP contribution is -2.56. The summed E-state index contributed by atoms with van der Waals surface area (Å²) in [6, 6.07) is 15.7. The van der Waals surface area contributed by atoms with Crippen LogP contribution in [0.2, 0.25) is 0 Å². The van der Waals surface area contributed by atoms with E-state index in [2.05, 4.69) is 10.6 Å². The summed E-state index contributed by atoms with van der Waals surface area (Å²) in [6.45, 7) is 5.24. The second kappa shape index (κ2) is 14.5. The third-order valence-electron chi connectivity index (χ3n) is 7.20. The van der Waals surface area contributed by atoms with Crippen molar-refractivity contribution in [2.24, 2.45) is 0 Å². The molecule has 1 heterocycles. The van der Waals surface area contributed by atoms with Crippen molar-refractivity contribution in [2.75, 3.05) is 33.8 Å². The number of ether oxygens (including phenoxy) is 1. The molecule has 0 unspecified atom stereocenters. The van der Waals surface area contributed by atoms with E-state index in [1.807, 2.05) is 73.5 Å². The fourth-order valence-corrected chi connectivity index (χ4v) is 4.68. The molecule has 2 aromatic carbocycles. The van der Waals surface area contributed by atoms with Crippen LogP contribution in [-0.4, -0.2) is 79.4 Å². The fraction of sp³-hybridized carbons (Fsp3) is 0.500. The van der Waals surface area contributed by atoms with Crippen LogP contribution in [0.4, 0.5) is 0 Å². The number of rotatable bonds is 4. The van der Waals surface area contributed by atoms with Crippen molar-refractivity contribution < 1.29 is 19.1 Å². The van der Waals surface area contributed by atoms with Crippen molar-refractivity contribution in [3.05, 3.63) is 65.7 Å². The van der Waals surface area contributed by atoms with Gasteiger partial charge in [0.1, 0.15) is 24.4 Å². The summed E-state index contributed by atoms with van der Waals surface area (Å²) in [6.07, 6.45) is 3.35. The first-order valence-corrected chi connectivity index (χ1v) is 13.6. The summed E-state index contributed by atoms with van der Waals surface area (Å²) < 4.78 is 6.12. The third-order valence-corrected chi connectivity index (χ3v) is 7.20. The Morgan fingerprint density at radius 3 is 2.42 bits per heavy atom. The first-order valence-electron chi connectivity index (χ1n) is 13.6. The van der Waals surface area contributed by atoms with Gasteiger partial charge < -0.3 is 20.3 Å². The molecule has 2 aromatic rings. The Morgan fingerprint density at radius 1 is 0.974 bits per heavy atom. The number of hydrogen-bond donors (Lipinski definition) is 2.